The van der Waals surface area contributed by atoms with Crippen molar-refractivity contribution in [2.75, 3.05) is 33.2 Å². The molecule has 24 heavy (non-hydrogen) atoms. The minimum Gasteiger partial charge on any atom is -0.357 e. The maximum Gasteiger partial charge on any atom is 0.191 e. The van der Waals surface area contributed by atoms with Crippen molar-refractivity contribution in [2.24, 2.45) is 10.9 Å². The van der Waals surface area contributed by atoms with Crippen LogP contribution in [0.15, 0.2) is 33.7 Å². The summed E-state index contributed by atoms with van der Waals surface area (Å²) in [6, 6.07) is 8.54. The molecule has 0 amide bonds. The molecule has 136 valence electrons. The van der Waals surface area contributed by atoms with Crippen molar-refractivity contribution in [1.29, 1.82) is 0 Å². The van der Waals surface area contributed by atoms with Gasteiger partial charge in [0.1, 0.15) is 0 Å². The van der Waals surface area contributed by atoms with E-state index in [2.05, 4.69) is 70.6 Å². The van der Waals surface area contributed by atoms with Gasteiger partial charge in [-0.2, -0.15) is 0 Å². The monoisotopic (exact) mass is 508 g/mol. The van der Waals surface area contributed by atoms with E-state index in [1.807, 2.05) is 6.07 Å². The molecular weight excluding hydrogens is 479 g/mol. The summed E-state index contributed by atoms with van der Waals surface area (Å²) in [6.07, 6.45) is 2.57. The van der Waals surface area contributed by atoms with Crippen LogP contribution < -0.4 is 10.6 Å². The van der Waals surface area contributed by atoms with Gasteiger partial charge in [-0.15, -0.1) is 24.0 Å². The molecule has 0 saturated carbocycles. The molecule has 1 aliphatic rings. The number of nitrogens with zero attached hydrogens (tertiary/aromatic N) is 2. The molecule has 1 aromatic carbocycles. The lowest BCUT2D eigenvalue weighted by atomic mass is 9.99. The molecule has 0 bridgehead atoms. The van der Waals surface area contributed by atoms with E-state index in [9.17, 15) is 0 Å². The van der Waals surface area contributed by atoms with Gasteiger partial charge in [-0.25, -0.2) is 0 Å². The maximum atomic E-state index is 4.82. The molecule has 0 aliphatic carbocycles. The van der Waals surface area contributed by atoms with Crippen molar-refractivity contribution in [3.8, 4) is 0 Å². The van der Waals surface area contributed by atoms with Crippen LogP contribution in [-0.2, 0) is 0 Å². The van der Waals surface area contributed by atoms with E-state index in [0.29, 0.717) is 5.92 Å². The van der Waals surface area contributed by atoms with Crippen molar-refractivity contribution in [2.45, 2.75) is 32.7 Å². The fourth-order valence-electron chi connectivity index (χ4n) is 3.07. The molecule has 1 fully saturated rings. The zero-order valence-electron chi connectivity index (χ0n) is 14.9. The van der Waals surface area contributed by atoms with Crippen LogP contribution in [0.1, 0.15) is 38.3 Å². The minimum absolute atomic E-state index is 0. The second kappa shape index (κ2) is 11.3. The maximum absolute atomic E-state index is 4.82. The van der Waals surface area contributed by atoms with E-state index in [1.54, 1.807) is 0 Å². The predicted octanol–water partition coefficient (Wildman–Crippen LogP) is 4.03. The van der Waals surface area contributed by atoms with Crippen LogP contribution in [0.2, 0.25) is 0 Å². The first-order valence-electron chi connectivity index (χ1n) is 8.58. The average molecular weight is 509 g/mol. The molecular formula is C18H30BrIN4. The number of rotatable bonds is 5. The molecule has 1 heterocycles. The van der Waals surface area contributed by atoms with E-state index in [-0.39, 0.29) is 30.0 Å². The highest BCUT2D eigenvalue weighted by atomic mass is 127. The first-order chi connectivity index (χ1) is 11.1. The Morgan fingerprint density at radius 1 is 1.42 bits per heavy atom. The highest BCUT2D eigenvalue weighted by molar-refractivity contribution is 14.0. The second-order valence-corrected chi connectivity index (χ2v) is 7.23. The van der Waals surface area contributed by atoms with Gasteiger partial charge in [0.2, 0.25) is 0 Å². The number of aliphatic imine (C=N–C) groups is 1. The van der Waals surface area contributed by atoms with Crippen molar-refractivity contribution in [3.05, 3.63) is 34.3 Å². The van der Waals surface area contributed by atoms with Crippen molar-refractivity contribution in [3.63, 3.8) is 0 Å². The molecule has 4 nitrogen and oxygen atoms in total. The molecule has 2 unspecified atom stereocenters. The Bertz CT molecular complexity index is 523. The lowest BCUT2D eigenvalue weighted by Gasteiger charge is -2.29. The number of piperidine rings is 1. The fourth-order valence-corrected chi connectivity index (χ4v) is 3.70. The molecule has 6 heteroatoms. The van der Waals surface area contributed by atoms with Crippen molar-refractivity contribution >= 4 is 45.9 Å². The summed E-state index contributed by atoms with van der Waals surface area (Å²) in [4.78, 5) is 7.23. The number of nitrogens with one attached hydrogen (secondary N) is 2. The van der Waals surface area contributed by atoms with E-state index in [1.165, 1.54) is 24.9 Å². The van der Waals surface area contributed by atoms with E-state index in [4.69, 9.17) is 4.99 Å². The number of hydrogen-bond donors (Lipinski definition) is 2. The SMILES string of the molecule is CCNC(=NCC1CCCN(C)C1)NC(C)c1ccccc1Br.I. The largest absolute Gasteiger partial charge is 0.357 e. The molecule has 0 radical (unpaired) electrons. The first-order valence-corrected chi connectivity index (χ1v) is 9.37. The number of benzene rings is 1. The van der Waals surface area contributed by atoms with Crippen LogP contribution in [0.25, 0.3) is 0 Å². The third-order valence-corrected chi connectivity index (χ3v) is 5.02. The fraction of sp³-hybridized carbons (Fsp3) is 0.611. The van der Waals surface area contributed by atoms with Crippen molar-refractivity contribution < 1.29 is 0 Å². The lowest BCUT2D eigenvalue weighted by Crippen LogP contribution is -2.40. The average Bonchev–Trinajstić information content (AvgIpc) is 2.53. The van der Waals surface area contributed by atoms with Gasteiger partial charge in [0, 0.05) is 24.1 Å². The quantitative estimate of drug-likeness (QED) is 0.358. The van der Waals surface area contributed by atoms with Crippen LogP contribution in [0, 0.1) is 5.92 Å². The molecule has 0 spiro atoms. The molecule has 0 aromatic heterocycles. The Balaban J connectivity index is 0.00000288. The van der Waals surface area contributed by atoms with Crippen LogP contribution in [-0.4, -0.2) is 44.1 Å². The lowest BCUT2D eigenvalue weighted by molar-refractivity contribution is 0.214. The summed E-state index contributed by atoms with van der Waals surface area (Å²) in [6.45, 7) is 8.41. The highest BCUT2D eigenvalue weighted by Gasteiger charge is 2.17. The van der Waals surface area contributed by atoms with Gasteiger partial charge >= 0.3 is 0 Å². The third kappa shape index (κ3) is 6.88. The highest BCUT2D eigenvalue weighted by Crippen LogP contribution is 2.22. The zero-order valence-corrected chi connectivity index (χ0v) is 18.8. The van der Waals surface area contributed by atoms with Gasteiger partial charge < -0.3 is 15.5 Å². The molecule has 1 aliphatic heterocycles. The smallest absolute Gasteiger partial charge is 0.191 e. The Morgan fingerprint density at radius 2 is 2.17 bits per heavy atom. The third-order valence-electron chi connectivity index (χ3n) is 4.30. The van der Waals surface area contributed by atoms with Gasteiger partial charge in [0.15, 0.2) is 5.96 Å². The Morgan fingerprint density at radius 3 is 2.83 bits per heavy atom. The van der Waals surface area contributed by atoms with Gasteiger partial charge in [-0.05, 0) is 57.8 Å². The van der Waals surface area contributed by atoms with E-state index in [0.717, 1.165) is 30.1 Å². The van der Waals surface area contributed by atoms with Gasteiger partial charge in [0.25, 0.3) is 0 Å². The summed E-state index contributed by atoms with van der Waals surface area (Å²) >= 11 is 3.63. The Kier molecular flexibility index (Phi) is 10.2. The minimum atomic E-state index is 0. The van der Waals surface area contributed by atoms with E-state index >= 15 is 0 Å². The summed E-state index contributed by atoms with van der Waals surface area (Å²) in [7, 11) is 2.20. The van der Waals surface area contributed by atoms with Crippen LogP contribution in [0.3, 0.4) is 0 Å². The second-order valence-electron chi connectivity index (χ2n) is 6.38. The molecule has 1 saturated heterocycles. The number of guanidine groups is 1. The normalized spacial score (nSPS) is 20.2. The van der Waals surface area contributed by atoms with E-state index < -0.39 is 0 Å². The number of hydrogen-bond acceptors (Lipinski definition) is 2. The Labute approximate surface area is 172 Å². The molecule has 2 rings (SSSR count). The van der Waals surface area contributed by atoms with Crippen LogP contribution in [0.5, 0.6) is 0 Å². The molecule has 2 N–H and O–H groups in total. The topological polar surface area (TPSA) is 39.7 Å². The van der Waals surface area contributed by atoms with Gasteiger partial charge in [0.05, 0.1) is 6.04 Å². The summed E-state index contributed by atoms with van der Waals surface area (Å²) in [5.41, 5.74) is 1.25. The Hall–Kier alpha value is -0.340. The zero-order chi connectivity index (χ0) is 16.7. The number of halogens is 2. The summed E-state index contributed by atoms with van der Waals surface area (Å²) in [5.74, 6) is 1.58. The van der Waals surface area contributed by atoms with Crippen LogP contribution >= 0.6 is 39.9 Å². The van der Waals surface area contributed by atoms with Gasteiger partial charge in [-0.3, -0.25) is 4.99 Å². The van der Waals surface area contributed by atoms with Crippen LogP contribution in [0.4, 0.5) is 0 Å². The standard InChI is InChI=1S/C18H29BrN4.HI/c1-4-20-18(21-12-15-8-7-11-23(3)13-15)22-14(2)16-9-5-6-10-17(16)19;/h5-6,9-10,14-15H,4,7-8,11-13H2,1-3H3,(H2,20,21,22);1H. The summed E-state index contributed by atoms with van der Waals surface area (Å²) < 4.78 is 1.13. The van der Waals surface area contributed by atoms with Crippen molar-refractivity contribution in [1.82, 2.24) is 15.5 Å². The summed E-state index contributed by atoms with van der Waals surface area (Å²) in [5, 5.41) is 6.88. The predicted molar refractivity (Wildman–Crippen MR) is 117 cm³/mol. The number of likely N-dealkylation sites (tertiary alicyclic amines) is 1. The molecule has 1 aromatic rings. The molecule has 2 atom stereocenters. The van der Waals surface area contributed by atoms with Gasteiger partial charge in [-0.1, -0.05) is 34.1 Å². The first kappa shape index (κ1) is 21.7.